The summed E-state index contributed by atoms with van der Waals surface area (Å²) in [6, 6.07) is 11.9. The summed E-state index contributed by atoms with van der Waals surface area (Å²) in [5.41, 5.74) is 0.598. The lowest BCUT2D eigenvalue weighted by molar-refractivity contribution is 0.0932. The normalized spacial score (nSPS) is 11.9. The number of aromatic nitrogens is 2. The highest BCUT2D eigenvalue weighted by molar-refractivity contribution is 5.92. The van der Waals surface area contributed by atoms with Gasteiger partial charge in [0.15, 0.2) is 0 Å². The van der Waals surface area contributed by atoms with Crippen molar-refractivity contribution in [1.82, 2.24) is 15.1 Å². The Hall–Kier alpha value is -2.43. The van der Waals surface area contributed by atoms with Crippen molar-refractivity contribution >= 4 is 5.91 Å². The molecule has 2 rings (SSSR count). The Morgan fingerprint density at radius 2 is 1.95 bits per heavy atom. The summed E-state index contributed by atoms with van der Waals surface area (Å²) >= 11 is 0. The first-order chi connectivity index (χ1) is 9.61. The molecule has 5 heteroatoms. The number of carbonyl (C=O) groups is 1. The summed E-state index contributed by atoms with van der Waals surface area (Å²) in [5.74, 6) is -0.274. The van der Waals surface area contributed by atoms with E-state index < -0.39 is 0 Å². The summed E-state index contributed by atoms with van der Waals surface area (Å²) in [6.07, 6.45) is 0.837. The quantitative estimate of drug-likeness (QED) is 0.921. The maximum absolute atomic E-state index is 12.0. The fourth-order valence-corrected chi connectivity index (χ4v) is 1.69. The third-order valence-electron chi connectivity index (χ3n) is 3.02. The molecule has 1 N–H and O–H groups in total. The largest absolute Gasteiger partial charge is 0.348 e. The summed E-state index contributed by atoms with van der Waals surface area (Å²) in [6.45, 7) is 3.91. The first kappa shape index (κ1) is 14.0. The van der Waals surface area contributed by atoms with E-state index in [4.69, 9.17) is 0 Å². The molecule has 20 heavy (non-hydrogen) atoms. The zero-order valence-corrected chi connectivity index (χ0v) is 11.5. The predicted molar refractivity (Wildman–Crippen MR) is 77.1 cm³/mol. The smallest absolute Gasteiger partial charge is 0.271 e. The lowest BCUT2D eigenvalue weighted by atomic mass is 10.2. The Bertz CT molecular complexity index is 650. The molecule has 1 unspecified atom stereocenters. The van der Waals surface area contributed by atoms with Gasteiger partial charge in [-0.3, -0.25) is 9.59 Å². The second-order valence-electron chi connectivity index (χ2n) is 4.59. The SMILES string of the molecule is CCC(C)NC(=O)c1ccc(=O)n(-c2ccccc2)n1. The number of rotatable bonds is 4. The van der Waals surface area contributed by atoms with Gasteiger partial charge in [-0.1, -0.05) is 25.1 Å². The first-order valence-electron chi connectivity index (χ1n) is 6.58. The van der Waals surface area contributed by atoms with E-state index in [1.807, 2.05) is 32.0 Å². The molecule has 0 saturated carbocycles. The molecule has 5 nitrogen and oxygen atoms in total. The van der Waals surface area contributed by atoms with Crippen LogP contribution in [-0.2, 0) is 0 Å². The molecule has 1 heterocycles. The van der Waals surface area contributed by atoms with Crippen molar-refractivity contribution in [2.45, 2.75) is 26.3 Å². The fourth-order valence-electron chi connectivity index (χ4n) is 1.69. The molecule has 1 aromatic heterocycles. The van der Waals surface area contributed by atoms with E-state index in [-0.39, 0.29) is 23.2 Å². The molecular weight excluding hydrogens is 254 g/mol. The van der Waals surface area contributed by atoms with Crippen LogP contribution in [0.15, 0.2) is 47.3 Å². The zero-order valence-electron chi connectivity index (χ0n) is 11.5. The molecule has 1 aromatic carbocycles. The van der Waals surface area contributed by atoms with Gasteiger partial charge >= 0.3 is 0 Å². The Kier molecular flexibility index (Phi) is 4.30. The van der Waals surface area contributed by atoms with Crippen LogP contribution in [0.3, 0.4) is 0 Å². The number of hydrogen-bond acceptors (Lipinski definition) is 3. The van der Waals surface area contributed by atoms with Crippen molar-refractivity contribution in [1.29, 1.82) is 0 Å². The van der Waals surface area contributed by atoms with Gasteiger partial charge in [-0.25, -0.2) is 0 Å². The molecule has 2 aromatic rings. The minimum atomic E-state index is -0.274. The maximum atomic E-state index is 12.0. The number of nitrogens with one attached hydrogen (secondary N) is 1. The molecule has 104 valence electrons. The Balaban J connectivity index is 2.34. The Labute approximate surface area is 117 Å². The van der Waals surface area contributed by atoms with Gasteiger partial charge in [-0.05, 0) is 31.5 Å². The van der Waals surface area contributed by atoms with Gasteiger partial charge in [0.2, 0.25) is 0 Å². The molecule has 0 bridgehead atoms. The first-order valence-corrected chi connectivity index (χ1v) is 6.58. The maximum Gasteiger partial charge on any atom is 0.271 e. The molecule has 1 amide bonds. The van der Waals surface area contributed by atoms with Crippen LogP contribution in [0.5, 0.6) is 0 Å². The minimum Gasteiger partial charge on any atom is -0.348 e. The van der Waals surface area contributed by atoms with Gasteiger partial charge < -0.3 is 5.32 Å². The monoisotopic (exact) mass is 271 g/mol. The van der Waals surface area contributed by atoms with Crippen molar-refractivity contribution in [3.63, 3.8) is 0 Å². The highest BCUT2D eigenvalue weighted by atomic mass is 16.2. The zero-order chi connectivity index (χ0) is 14.5. The number of para-hydroxylation sites is 1. The lowest BCUT2D eigenvalue weighted by Crippen LogP contribution is -2.34. The molecule has 0 aliphatic rings. The fraction of sp³-hybridized carbons (Fsp3) is 0.267. The number of carbonyl (C=O) groups excluding carboxylic acids is 1. The van der Waals surface area contributed by atoms with Gasteiger partial charge in [-0.2, -0.15) is 9.78 Å². The van der Waals surface area contributed by atoms with E-state index in [1.165, 1.54) is 16.8 Å². The summed E-state index contributed by atoms with van der Waals surface area (Å²) in [7, 11) is 0. The molecule has 0 saturated heterocycles. The Morgan fingerprint density at radius 1 is 1.25 bits per heavy atom. The topological polar surface area (TPSA) is 64.0 Å². The minimum absolute atomic E-state index is 0.0707. The van der Waals surface area contributed by atoms with Gasteiger partial charge in [0.05, 0.1) is 5.69 Å². The van der Waals surface area contributed by atoms with Gasteiger partial charge in [0.1, 0.15) is 5.69 Å². The van der Waals surface area contributed by atoms with E-state index in [2.05, 4.69) is 10.4 Å². The number of benzene rings is 1. The van der Waals surface area contributed by atoms with Crippen LogP contribution < -0.4 is 10.9 Å². The van der Waals surface area contributed by atoms with Crippen LogP contribution in [0.4, 0.5) is 0 Å². The van der Waals surface area contributed by atoms with Crippen molar-refractivity contribution in [3.8, 4) is 5.69 Å². The van der Waals surface area contributed by atoms with E-state index in [0.29, 0.717) is 5.69 Å². The van der Waals surface area contributed by atoms with E-state index in [0.717, 1.165) is 6.42 Å². The molecule has 0 aliphatic carbocycles. The van der Waals surface area contributed by atoms with Crippen molar-refractivity contribution in [3.05, 3.63) is 58.5 Å². The number of amides is 1. The van der Waals surface area contributed by atoms with Crippen LogP contribution in [0.25, 0.3) is 5.69 Å². The highest BCUT2D eigenvalue weighted by Gasteiger charge is 2.12. The van der Waals surface area contributed by atoms with Crippen LogP contribution in [0, 0.1) is 0 Å². The van der Waals surface area contributed by atoms with Crippen molar-refractivity contribution in [2.24, 2.45) is 0 Å². The number of nitrogens with zero attached hydrogens (tertiary/aromatic N) is 2. The number of hydrogen-bond donors (Lipinski definition) is 1. The van der Waals surface area contributed by atoms with E-state index >= 15 is 0 Å². The van der Waals surface area contributed by atoms with E-state index in [9.17, 15) is 9.59 Å². The van der Waals surface area contributed by atoms with Crippen LogP contribution in [0.1, 0.15) is 30.8 Å². The molecular formula is C15H17N3O2. The molecule has 0 aliphatic heterocycles. The highest BCUT2D eigenvalue weighted by Crippen LogP contribution is 2.03. The average Bonchev–Trinajstić information content (AvgIpc) is 2.48. The Morgan fingerprint density at radius 3 is 2.60 bits per heavy atom. The van der Waals surface area contributed by atoms with Crippen LogP contribution in [0.2, 0.25) is 0 Å². The third-order valence-corrected chi connectivity index (χ3v) is 3.02. The average molecular weight is 271 g/mol. The van der Waals surface area contributed by atoms with Crippen LogP contribution in [-0.4, -0.2) is 21.7 Å². The molecule has 1 atom stereocenters. The molecule has 0 radical (unpaired) electrons. The van der Waals surface area contributed by atoms with Gasteiger partial charge in [0.25, 0.3) is 11.5 Å². The van der Waals surface area contributed by atoms with Gasteiger partial charge in [-0.15, -0.1) is 0 Å². The van der Waals surface area contributed by atoms with Crippen LogP contribution >= 0.6 is 0 Å². The van der Waals surface area contributed by atoms with Gasteiger partial charge in [0, 0.05) is 12.1 Å². The standard InChI is InChI=1S/C15H17N3O2/c1-3-11(2)16-15(20)13-9-10-14(19)18(17-13)12-7-5-4-6-8-12/h4-11H,3H2,1-2H3,(H,16,20). The third kappa shape index (κ3) is 3.12. The lowest BCUT2D eigenvalue weighted by Gasteiger charge is -2.11. The second-order valence-corrected chi connectivity index (χ2v) is 4.59. The molecule has 0 fully saturated rings. The molecule has 0 spiro atoms. The van der Waals surface area contributed by atoms with Crippen molar-refractivity contribution in [2.75, 3.05) is 0 Å². The second kappa shape index (κ2) is 6.14. The predicted octanol–water partition coefficient (Wildman–Crippen LogP) is 1.76. The van der Waals surface area contributed by atoms with E-state index in [1.54, 1.807) is 12.1 Å². The summed E-state index contributed by atoms with van der Waals surface area (Å²) < 4.78 is 1.23. The van der Waals surface area contributed by atoms with Crippen molar-refractivity contribution < 1.29 is 4.79 Å². The summed E-state index contributed by atoms with van der Waals surface area (Å²) in [5, 5.41) is 6.95. The summed E-state index contributed by atoms with van der Waals surface area (Å²) in [4.78, 5) is 23.9.